The number of ether oxygens (including phenoxy) is 1. The lowest BCUT2D eigenvalue weighted by Gasteiger charge is -2.20. The van der Waals surface area contributed by atoms with Crippen LogP contribution in [0.15, 0.2) is 48.2 Å². The molecule has 0 aliphatic heterocycles. The summed E-state index contributed by atoms with van der Waals surface area (Å²) in [5.41, 5.74) is 1.09. The molecular weight excluding hydrogens is 268 g/mol. The van der Waals surface area contributed by atoms with Gasteiger partial charge in [-0.05, 0) is 37.4 Å². The quantitative estimate of drug-likeness (QED) is 0.344. The summed E-state index contributed by atoms with van der Waals surface area (Å²) in [6, 6.07) is 9.98. The summed E-state index contributed by atoms with van der Waals surface area (Å²) in [5.74, 6) is 0.452. The molecule has 0 aliphatic rings. The van der Waals surface area contributed by atoms with Crippen LogP contribution in [0.1, 0.15) is 12.0 Å². The van der Waals surface area contributed by atoms with Gasteiger partial charge in [-0.2, -0.15) is 0 Å². The summed E-state index contributed by atoms with van der Waals surface area (Å²) in [7, 11) is -0.328. The molecule has 0 unspecified atom stereocenters. The van der Waals surface area contributed by atoms with E-state index in [1.165, 1.54) is 7.11 Å². The van der Waals surface area contributed by atoms with Gasteiger partial charge in [0.25, 0.3) is 0 Å². The number of hydrogen-bond acceptors (Lipinski definition) is 3. The minimum Gasteiger partial charge on any atom is -0.545 e. The van der Waals surface area contributed by atoms with E-state index in [1.54, 1.807) is 6.08 Å². The zero-order valence-corrected chi connectivity index (χ0v) is 13.6. The van der Waals surface area contributed by atoms with E-state index in [9.17, 15) is 4.79 Å². The summed E-state index contributed by atoms with van der Waals surface area (Å²) < 4.78 is 10.6. The number of carbonyl (C=O) groups excluding carboxylic acids is 1. The molecule has 20 heavy (non-hydrogen) atoms. The Labute approximate surface area is 122 Å². The fourth-order valence-corrected chi connectivity index (χ4v) is 2.37. The third-order valence-electron chi connectivity index (χ3n) is 2.36. The molecule has 0 aliphatic carbocycles. The van der Waals surface area contributed by atoms with Gasteiger partial charge in [0.2, 0.25) is 8.32 Å². The molecule has 3 nitrogen and oxygen atoms in total. The van der Waals surface area contributed by atoms with Crippen LogP contribution in [-0.4, -0.2) is 21.4 Å². The first-order chi connectivity index (χ1) is 9.40. The Balaban J connectivity index is 2.82. The van der Waals surface area contributed by atoms with Crippen LogP contribution < -0.4 is 0 Å². The average molecular weight is 290 g/mol. The number of allylic oxidation sites excluding steroid dienone is 1. The first kappa shape index (κ1) is 16.2. The minimum absolute atomic E-state index is 0.218. The van der Waals surface area contributed by atoms with E-state index in [-0.39, 0.29) is 12.4 Å². The Morgan fingerprint density at radius 2 is 1.85 bits per heavy atom. The number of hydrogen-bond donors (Lipinski definition) is 0. The maximum Gasteiger partial charge on any atom is 0.309 e. The van der Waals surface area contributed by atoms with Gasteiger partial charge in [0, 0.05) is 0 Å². The van der Waals surface area contributed by atoms with E-state index in [1.807, 2.05) is 42.5 Å². The molecule has 0 radical (unpaired) electrons. The van der Waals surface area contributed by atoms with Gasteiger partial charge in [-0.25, -0.2) is 0 Å². The van der Waals surface area contributed by atoms with Crippen LogP contribution in [0.2, 0.25) is 19.6 Å². The smallest absolute Gasteiger partial charge is 0.309 e. The highest BCUT2D eigenvalue weighted by molar-refractivity contribution is 6.70. The molecule has 1 aromatic carbocycles. The van der Waals surface area contributed by atoms with Crippen molar-refractivity contribution in [3.63, 3.8) is 0 Å². The molecule has 0 aromatic heterocycles. The van der Waals surface area contributed by atoms with Crippen molar-refractivity contribution in [3.05, 3.63) is 53.8 Å². The third-order valence-corrected chi connectivity index (χ3v) is 3.21. The third kappa shape index (κ3) is 6.94. The maximum atomic E-state index is 11.2. The lowest BCUT2D eigenvalue weighted by atomic mass is 10.2. The van der Waals surface area contributed by atoms with Gasteiger partial charge in [0.15, 0.2) is 0 Å². The molecule has 1 aromatic rings. The molecule has 0 spiro atoms. The molecule has 0 fully saturated rings. The predicted molar refractivity (Wildman–Crippen MR) is 84.6 cm³/mol. The molecule has 108 valence electrons. The second-order valence-electron chi connectivity index (χ2n) is 5.35. The van der Waals surface area contributed by atoms with Crippen LogP contribution in [0.5, 0.6) is 0 Å². The molecule has 0 bridgehead atoms. The Kier molecular flexibility index (Phi) is 6.25. The van der Waals surface area contributed by atoms with Gasteiger partial charge in [-0.3, -0.25) is 4.79 Å². The van der Waals surface area contributed by atoms with Gasteiger partial charge < -0.3 is 9.16 Å². The Morgan fingerprint density at radius 1 is 1.20 bits per heavy atom. The number of rotatable bonds is 6. The number of benzene rings is 1. The lowest BCUT2D eigenvalue weighted by Crippen LogP contribution is -2.24. The van der Waals surface area contributed by atoms with Gasteiger partial charge >= 0.3 is 5.97 Å². The van der Waals surface area contributed by atoms with E-state index in [0.29, 0.717) is 0 Å². The molecule has 0 saturated carbocycles. The number of esters is 1. The van der Waals surface area contributed by atoms with Crippen LogP contribution >= 0.6 is 0 Å². The van der Waals surface area contributed by atoms with Gasteiger partial charge in [-0.15, -0.1) is 0 Å². The molecule has 0 saturated heterocycles. The Hall–Kier alpha value is -1.81. The van der Waals surface area contributed by atoms with Gasteiger partial charge in [0.1, 0.15) is 0 Å². The van der Waals surface area contributed by atoms with Crippen molar-refractivity contribution in [2.24, 2.45) is 0 Å². The highest BCUT2D eigenvalue weighted by Crippen LogP contribution is 2.14. The van der Waals surface area contributed by atoms with Crippen molar-refractivity contribution in [1.82, 2.24) is 0 Å². The average Bonchev–Trinajstić information content (AvgIpc) is 2.41. The number of methoxy groups -OCH3 is 1. The van der Waals surface area contributed by atoms with E-state index >= 15 is 0 Å². The Bertz CT molecular complexity index is 484. The van der Waals surface area contributed by atoms with E-state index in [0.717, 1.165) is 11.3 Å². The van der Waals surface area contributed by atoms with Crippen LogP contribution in [0.3, 0.4) is 0 Å². The standard InChI is InChI=1S/C16H22O3Si/c1-18-16(17)13-12-15(19-20(2,3)4)11-10-14-8-6-5-7-9-14/h5-12H,13H2,1-4H3. The van der Waals surface area contributed by atoms with Crippen molar-refractivity contribution in [3.8, 4) is 0 Å². The second kappa shape index (κ2) is 7.70. The van der Waals surface area contributed by atoms with Crippen molar-refractivity contribution < 1.29 is 14.0 Å². The summed E-state index contributed by atoms with van der Waals surface area (Å²) in [5, 5.41) is 0. The monoisotopic (exact) mass is 290 g/mol. The van der Waals surface area contributed by atoms with E-state index < -0.39 is 8.32 Å². The summed E-state index contributed by atoms with van der Waals surface area (Å²) in [4.78, 5) is 11.2. The topological polar surface area (TPSA) is 35.5 Å². The zero-order chi connectivity index (χ0) is 15.0. The highest BCUT2D eigenvalue weighted by Gasteiger charge is 2.16. The summed E-state index contributed by atoms with van der Waals surface area (Å²) in [6.07, 6.45) is 5.86. The van der Waals surface area contributed by atoms with Crippen LogP contribution in [0, 0.1) is 0 Å². The fraction of sp³-hybridized carbons (Fsp3) is 0.312. The lowest BCUT2D eigenvalue weighted by molar-refractivity contribution is -0.139. The van der Waals surface area contributed by atoms with Crippen LogP contribution in [0.4, 0.5) is 0 Å². The fourth-order valence-electron chi connectivity index (χ4n) is 1.51. The van der Waals surface area contributed by atoms with Gasteiger partial charge in [-0.1, -0.05) is 36.4 Å². The number of carbonyl (C=O) groups is 1. The highest BCUT2D eigenvalue weighted by atomic mass is 28.4. The molecule has 0 heterocycles. The summed E-state index contributed by atoms with van der Waals surface area (Å²) in [6.45, 7) is 6.32. The van der Waals surface area contributed by atoms with Crippen LogP contribution in [0.25, 0.3) is 6.08 Å². The van der Waals surface area contributed by atoms with Crippen molar-refractivity contribution in [2.75, 3.05) is 7.11 Å². The Morgan fingerprint density at radius 3 is 2.40 bits per heavy atom. The largest absolute Gasteiger partial charge is 0.545 e. The summed E-state index contributed by atoms with van der Waals surface area (Å²) >= 11 is 0. The van der Waals surface area contributed by atoms with E-state index in [4.69, 9.17) is 4.43 Å². The van der Waals surface area contributed by atoms with E-state index in [2.05, 4.69) is 24.4 Å². The predicted octanol–water partition coefficient (Wildman–Crippen LogP) is 4.00. The normalized spacial score (nSPS) is 12.5. The van der Waals surface area contributed by atoms with Crippen molar-refractivity contribution >= 4 is 20.4 Å². The SMILES string of the molecule is COC(=O)CC=C(C=Cc1ccccc1)O[Si](C)(C)C. The molecule has 0 N–H and O–H groups in total. The minimum atomic E-state index is -1.71. The van der Waals surface area contributed by atoms with Gasteiger partial charge in [0.05, 0.1) is 19.3 Å². The molecule has 4 heteroatoms. The van der Waals surface area contributed by atoms with Crippen LogP contribution in [-0.2, 0) is 14.0 Å². The molecular formula is C16H22O3Si. The molecule has 1 rings (SSSR count). The maximum absolute atomic E-state index is 11.2. The first-order valence-corrected chi connectivity index (χ1v) is 10.0. The van der Waals surface area contributed by atoms with Crippen molar-refractivity contribution in [1.29, 1.82) is 0 Å². The van der Waals surface area contributed by atoms with Crippen molar-refractivity contribution in [2.45, 2.75) is 26.1 Å². The molecule has 0 atom stereocenters. The zero-order valence-electron chi connectivity index (χ0n) is 12.6. The first-order valence-electron chi connectivity index (χ1n) is 6.60. The molecule has 0 amide bonds. The second-order valence-corrected chi connectivity index (χ2v) is 9.77.